The van der Waals surface area contributed by atoms with E-state index in [1.807, 2.05) is 36.2 Å². The van der Waals surface area contributed by atoms with Crippen LogP contribution in [-0.2, 0) is 7.05 Å². The first-order valence-corrected chi connectivity index (χ1v) is 8.99. The molecule has 0 fully saturated rings. The molecule has 0 radical (unpaired) electrons. The molecule has 0 saturated heterocycles. The summed E-state index contributed by atoms with van der Waals surface area (Å²) in [5.74, 6) is -0.499. The van der Waals surface area contributed by atoms with Gasteiger partial charge in [0.15, 0.2) is 5.69 Å². The quantitative estimate of drug-likeness (QED) is 0.514. The van der Waals surface area contributed by atoms with E-state index in [2.05, 4.69) is 21.7 Å². The van der Waals surface area contributed by atoms with Crippen molar-refractivity contribution in [3.05, 3.63) is 70.1 Å². The van der Waals surface area contributed by atoms with Crippen LogP contribution in [0.2, 0.25) is 0 Å². The van der Waals surface area contributed by atoms with Gasteiger partial charge in [-0.15, -0.1) is 0 Å². The monoisotopic (exact) mass is 388 g/mol. The average molecular weight is 388 g/mol. The molecule has 0 aliphatic carbocycles. The van der Waals surface area contributed by atoms with Crippen molar-refractivity contribution < 1.29 is 4.79 Å². The Bertz CT molecular complexity index is 1160. The van der Waals surface area contributed by atoms with Crippen LogP contribution in [0.3, 0.4) is 0 Å². The van der Waals surface area contributed by atoms with Gasteiger partial charge in [-0.1, -0.05) is 30.3 Å². The number of amides is 1. The highest BCUT2D eigenvalue weighted by atomic mass is 16.2. The van der Waals surface area contributed by atoms with Crippen LogP contribution in [0.15, 0.2) is 58.4 Å². The Labute approximate surface area is 167 Å². The summed E-state index contributed by atoms with van der Waals surface area (Å²) in [5, 5.41) is 17.6. The third-order valence-electron chi connectivity index (χ3n) is 4.44. The third kappa shape index (κ3) is 4.47. The van der Waals surface area contributed by atoms with Gasteiger partial charge < -0.3 is 4.90 Å². The van der Waals surface area contributed by atoms with Crippen LogP contribution in [-0.4, -0.2) is 35.5 Å². The van der Waals surface area contributed by atoms with Crippen molar-refractivity contribution in [3.63, 3.8) is 0 Å². The van der Waals surface area contributed by atoms with Gasteiger partial charge in [0.2, 0.25) is 0 Å². The molecule has 0 saturated carbocycles. The molecule has 0 spiro atoms. The van der Waals surface area contributed by atoms with E-state index in [1.165, 1.54) is 13.3 Å². The molecule has 0 unspecified atom stereocenters. The van der Waals surface area contributed by atoms with Crippen LogP contribution in [0.25, 0.3) is 10.8 Å². The van der Waals surface area contributed by atoms with Crippen molar-refractivity contribution in [1.29, 1.82) is 5.26 Å². The Morgan fingerprint density at radius 1 is 1.24 bits per heavy atom. The minimum atomic E-state index is -0.499. The molecule has 2 aromatic carbocycles. The summed E-state index contributed by atoms with van der Waals surface area (Å²) >= 11 is 0. The molecule has 8 nitrogen and oxygen atoms in total. The van der Waals surface area contributed by atoms with Gasteiger partial charge in [-0.3, -0.25) is 9.59 Å². The minimum Gasteiger partial charge on any atom is -0.374 e. The van der Waals surface area contributed by atoms with E-state index in [4.69, 9.17) is 5.26 Å². The predicted molar refractivity (Wildman–Crippen MR) is 112 cm³/mol. The van der Waals surface area contributed by atoms with Crippen molar-refractivity contribution in [2.45, 2.75) is 6.42 Å². The first kappa shape index (κ1) is 19.8. The average Bonchev–Trinajstić information content (AvgIpc) is 2.75. The lowest BCUT2D eigenvalue weighted by molar-refractivity contribution is 0.0950. The molecule has 0 atom stereocenters. The molecule has 1 aromatic heterocycles. The van der Waals surface area contributed by atoms with Crippen LogP contribution < -0.4 is 15.9 Å². The summed E-state index contributed by atoms with van der Waals surface area (Å²) in [6.45, 7) is 0.653. The van der Waals surface area contributed by atoms with Gasteiger partial charge >= 0.3 is 0 Å². The van der Waals surface area contributed by atoms with E-state index in [9.17, 15) is 9.59 Å². The Balaban J connectivity index is 1.72. The number of hydrogen-bond acceptors (Lipinski definition) is 6. The molecule has 8 heteroatoms. The van der Waals surface area contributed by atoms with Crippen LogP contribution in [0.5, 0.6) is 0 Å². The topological polar surface area (TPSA) is 103 Å². The summed E-state index contributed by atoms with van der Waals surface area (Å²) in [6, 6.07) is 16.5. The number of fused-ring (bicyclic) bond motifs is 1. The Hall–Kier alpha value is -3.99. The maximum Gasteiger partial charge on any atom is 0.292 e. The number of nitrogens with one attached hydrogen (secondary N) is 1. The van der Waals surface area contributed by atoms with Gasteiger partial charge in [-0.25, -0.2) is 10.1 Å². The minimum absolute atomic E-state index is 0.134. The number of hydrazone groups is 1. The second-order valence-corrected chi connectivity index (χ2v) is 6.44. The SMILES string of the molecule is CN(CCC#N)c1ccc(/C=N\NC(=O)c2nn(C)c(=O)c3ccccc23)cc1. The molecule has 29 heavy (non-hydrogen) atoms. The lowest BCUT2D eigenvalue weighted by atomic mass is 10.1. The van der Waals surface area contributed by atoms with Gasteiger partial charge in [0.05, 0.1) is 24.1 Å². The molecule has 3 rings (SSSR count). The largest absolute Gasteiger partial charge is 0.374 e. The van der Waals surface area contributed by atoms with Gasteiger partial charge in [0.1, 0.15) is 0 Å². The van der Waals surface area contributed by atoms with Crippen molar-refractivity contribution in [2.75, 3.05) is 18.5 Å². The normalized spacial score (nSPS) is 10.8. The van der Waals surface area contributed by atoms with E-state index in [0.29, 0.717) is 23.7 Å². The summed E-state index contributed by atoms with van der Waals surface area (Å²) < 4.78 is 1.14. The highest BCUT2D eigenvalue weighted by Crippen LogP contribution is 2.14. The van der Waals surface area contributed by atoms with Gasteiger partial charge in [0.25, 0.3) is 11.5 Å². The Kier molecular flexibility index (Phi) is 6.00. The number of benzene rings is 2. The van der Waals surface area contributed by atoms with Crippen molar-refractivity contribution in [3.8, 4) is 6.07 Å². The van der Waals surface area contributed by atoms with Crippen LogP contribution >= 0.6 is 0 Å². The molecule has 0 aliphatic rings. The van der Waals surface area contributed by atoms with Gasteiger partial charge in [0, 0.05) is 31.7 Å². The lowest BCUT2D eigenvalue weighted by Crippen LogP contribution is -2.27. The zero-order valence-electron chi connectivity index (χ0n) is 16.2. The number of aromatic nitrogens is 2. The Morgan fingerprint density at radius 2 is 1.93 bits per heavy atom. The fourth-order valence-corrected chi connectivity index (χ4v) is 2.85. The zero-order chi connectivity index (χ0) is 20.8. The highest BCUT2D eigenvalue weighted by molar-refractivity contribution is 6.04. The number of carbonyl (C=O) groups is 1. The number of anilines is 1. The van der Waals surface area contributed by atoms with Crippen LogP contribution in [0, 0.1) is 11.3 Å². The molecule has 146 valence electrons. The standard InChI is InChI=1S/C21H20N6O2/c1-26(13-5-12-22)16-10-8-15(9-11-16)14-23-24-20(28)19-17-6-3-4-7-18(17)21(29)27(2)25-19/h3-4,6-11,14H,5,13H2,1-2H3,(H,24,28)/b23-14-. The molecule has 0 bridgehead atoms. The summed E-state index contributed by atoms with van der Waals surface area (Å²) in [6.07, 6.45) is 1.99. The lowest BCUT2D eigenvalue weighted by Gasteiger charge is -2.17. The first-order chi connectivity index (χ1) is 14.0. The van der Waals surface area contributed by atoms with Gasteiger partial charge in [-0.2, -0.15) is 15.5 Å². The summed E-state index contributed by atoms with van der Waals surface area (Å²) in [5.41, 5.74) is 4.12. The maximum absolute atomic E-state index is 12.5. The summed E-state index contributed by atoms with van der Waals surface area (Å²) in [4.78, 5) is 26.7. The van der Waals surface area contributed by atoms with Crippen molar-refractivity contribution in [1.82, 2.24) is 15.2 Å². The van der Waals surface area contributed by atoms with Crippen LogP contribution in [0.4, 0.5) is 5.69 Å². The fourth-order valence-electron chi connectivity index (χ4n) is 2.85. The molecule has 1 N–H and O–H groups in total. The maximum atomic E-state index is 12.5. The second-order valence-electron chi connectivity index (χ2n) is 6.44. The fraction of sp³-hybridized carbons (Fsp3) is 0.190. The van der Waals surface area contributed by atoms with Gasteiger partial charge in [-0.05, 0) is 23.8 Å². The first-order valence-electron chi connectivity index (χ1n) is 8.99. The Morgan fingerprint density at radius 3 is 2.62 bits per heavy atom. The van der Waals surface area contributed by atoms with Crippen LogP contribution in [0.1, 0.15) is 22.5 Å². The van der Waals surface area contributed by atoms with E-state index in [-0.39, 0.29) is 11.3 Å². The van der Waals surface area contributed by atoms with E-state index < -0.39 is 5.91 Å². The number of nitrogens with zero attached hydrogens (tertiary/aromatic N) is 5. The molecule has 3 aromatic rings. The molecule has 1 amide bonds. The number of rotatable bonds is 6. The number of carbonyl (C=O) groups excluding carboxylic acids is 1. The van der Waals surface area contributed by atoms with E-state index in [0.717, 1.165) is 15.9 Å². The third-order valence-corrected chi connectivity index (χ3v) is 4.44. The second kappa shape index (κ2) is 8.80. The number of nitriles is 1. The number of aryl methyl sites for hydroxylation is 1. The van der Waals surface area contributed by atoms with E-state index in [1.54, 1.807) is 24.3 Å². The highest BCUT2D eigenvalue weighted by Gasteiger charge is 2.14. The molecule has 0 aliphatic heterocycles. The molecular formula is C21H20N6O2. The number of hydrogen-bond donors (Lipinski definition) is 1. The zero-order valence-corrected chi connectivity index (χ0v) is 16.2. The van der Waals surface area contributed by atoms with Crippen molar-refractivity contribution >= 4 is 28.6 Å². The van der Waals surface area contributed by atoms with Crippen molar-refractivity contribution in [2.24, 2.45) is 12.1 Å². The molecule has 1 heterocycles. The smallest absolute Gasteiger partial charge is 0.292 e. The predicted octanol–water partition coefficient (Wildman–Crippen LogP) is 2.05. The molecular weight excluding hydrogens is 368 g/mol. The van der Waals surface area contributed by atoms with E-state index >= 15 is 0 Å². The summed E-state index contributed by atoms with van der Waals surface area (Å²) in [7, 11) is 3.43.